The summed E-state index contributed by atoms with van der Waals surface area (Å²) in [7, 11) is 0. The van der Waals surface area contributed by atoms with Gasteiger partial charge >= 0.3 is 0 Å². The number of nitrogens with zero attached hydrogens (tertiary/aromatic N) is 4. The highest BCUT2D eigenvalue weighted by Gasteiger charge is 2.21. The monoisotopic (exact) mass is 272 g/mol. The van der Waals surface area contributed by atoms with Gasteiger partial charge in [0.2, 0.25) is 5.91 Å². The second-order valence-electron chi connectivity index (χ2n) is 4.76. The molecule has 7 nitrogen and oxygen atoms in total. The van der Waals surface area contributed by atoms with Crippen LogP contribution in [0, 0.1) is 0 Å². The van der Waals surface area contributed by atoms with Crippen LogP contribution >= 0.6 is 0 Å². The van der Waals surface area contributed by atoms with Gasteiger partial charge in [0.05, 0.1) is 17.4 Å². The molecule has 0 spiro atoms. The number of rotatable bonds is 3. The summed E-state index contributed by atoms with van der Waals surface area (Å²) >= 11 is 0. The summed E-state index contributed by atoms with van der Waals surface area (Å²) in [6.07, 6.45) is 4.59. The third kappa shape index (κ3) is 2.67. The number of aromatic nitrogens is 4. The van der Waals surface area contributed by atoms with Crippen molar-refractivity contribution in [3.05, 3.63) is 30.6 Å². The highest BCUT2D eigenvalue weighted by molar-refractivity contribution is 5.96. The summed E-state index contributed by atoms with van der Waals surface area (Å²) in [5.74, 6) is -0.00905. The van der Waals surface area contributed by atoms with Crippen LogP contribution in [-0.4, -0.2) is 38.7 Å². The van der Waals surface area contributed by atoms with E-state index in [-0.39, 0.29) is 11.9 Å². The van der Waals surface area contributed by atoms with Crippen LogP contribution in [0.25, 0.3) is 5.69 Å². The lowest BCUT2D eigenvalue weighted by Gasteiger charge is -2.23. The van der Waals surface area contributed by atoms with Gasteiger partial charge in [0.15, 0.2) is 0 Å². The predicted octanol–water partition coefficient (Wildman–Crippen LogP) is 0.743. The summed E-state index contributed by atoms with van der Waals surface area (Å²) in [6, 6.07) is 7.34. The zero-order valence-electron chi connectivity index (χ0n) is 11.0. The first-order chi connectivity index (χ1) is 9.84. The van der Waals surface area contributed by atoms with E-state index in [2.05, 4.69) is 26.2 Å². The topological polar surface area (TPSA) is 84.7 Å². The number of anilines is 1. The smallest absolute Gasteiger partial charge is 0.241 e. The largest absolute Gasteiger partial charge is 0.323 e. The lowest BCUT2D eigenvalue weighted by atomic mass is 10.0. The quantitative estimate of drug-likeness (QED) is 0.861. The lowest BCUT2D eigenvalue weighted by molar-refractivity contribution is -0.118. The van der Waals surface area contributed by atoms with E-state index in [1.165, 1.54) is 11.0 Å². The fourth-order valence-electron chi connectivity index (χ4n) is 2.35. The molecule has 1 amide bonds. The van der Waals surface area contributed by atoms with Crippen LogP contribution in [0.15, 0.2) is 30.6 Å². The van der Waals surface area contributed by atoms with Crippen LogP contribution in [0.5, 0.6) is 0 Å². The van der Waals surface area contributed by atoms with Gasteiger partial charge in [-0.05, 0) is 41.9 Å². The molecule has 7 heteroatoms. The Hall–Kier alpha value is -2.28. The maximum absolute atomic E-state index is 12.3. The summed E-state index contributed by atoms with van der Waals surface area (Å²) < 4.78 is 1.53. The van der Waals surface area contributed by atoms with Gasteiger partial charge in [-0.15, -0.1) is 5.10 Å². The standard InChI is InChI=1S/C13H16N6O/c20-13(11-6-3-4-8-14-11)16-10-5-1-2-7-12(10)19-9-15-17-18-19/h1-2,5,7,9,11,14H,3-4,6,8H2,(H,16,20). The number of tetrazole rings is 1. The number of piperidine rings is 1. The maximum Gasteiger partial charge on any atom is 0.241 e. The molecule has 0 radical (unpaired) electrons. The van der Waals surface area contributed by atoms with Crippen molar-refractivity contribution in [3.63, 3.8) is 0 Å². The Morgan fingerprint density at radius 2 is 2.25 bits per heavy atom. The maximum atomic E-state index is 12.3. The van der Waals surface area contributed by atoms with Gasteiger partial charge in [0.25, 0.3) is 0 Å². The molecular formula is C13H16N6O. The first kappa shape index (κ1) is 12.7. The lowest BCUT2D eigenvalue weighted by Crippen LogP contribution is -2.43. The second-order valence-corrected chi connectivity index (χ2v) is 4.76. The third-order valence-corrected chi connectivity index (χ3v) is 3.38. The van der Waals surface area contributed by atoms with E-state index in [4.69, 9.17) is 0 Å². The van der Waals surface area contributed by atoms with Crippen molar-refractivity contribution in [1.82, 2.24) is 25.5 Å². The average Bonchev–Trinajstić information content (AvgIpc) is 3.03. The molecule has 0 bridgehead atoms. The first-order valence-electron chi connectivity index (χ1n) is 6.71. The van der Waals surface area contributed by atoms with Crippen molar-refractivity contribution in [3.8, 4) is 5.69 Å². The van der Waals surface area contributed by atoms with E-state index in [0.717, 1.165) is 31.5 Å². The van der Waals surface area contributed by atoms with Crippen LogP contribution in [0.3, 0.4) is 0 Å². The molecule has 20 heavy (non-hydrogen) atoms. The number of amides is 1. The molecule has 1 aromatic heterocycles. The van der Waals surface area contributed by atoms with Gasteiger partial charge < -0.3 is 10.6 Å². The van der Waals surface area contributed by atoms with Crippen LogP contribution < -0.4 is 10.6 Å². The molecule has 2 N–H and O–H groups in total. The molecule has 2 aromatic rings. The SMILES string of the molecule is O=C(Nc1ccccc1-n1cnnn1)C1CCCCN1. The van der Waals surface area contributed by atoms with E-state index < -0.39 is 0 Å². The van der Waals surface area contributed by atoms with E-state index in [0.29, 0.717) is 5.69 Å². The van der Waals surface area contributed by atoms with Crippen LogP contribution in [-0.2, 0) is 4.79 Å². The fourth-order valence-corrected chi connectivity index (χ4v) is 2.35. The van der Waals surface area contributed by atoms with Gasteiger partial charge in [-0.2, -0.15) is 4.68 Å². The number of hydrogen-bond donors (Lipinski definition) is 2. The Bertz CT molecular complexity index is 576. The molecule has 104 valence electrons. The summed E-state index contributed by atoms with van der Waals surface area (Å²) in [4.78, 5) is 12.3. The van der Waals surface area contributed by atoms with Crippen molar-refractivity contribution in [2.75, 3.05) is 11.9 Å². The highest BCUT2D eigenvalue weighted by Crippen LogP contribution is 2.19. The van der Waals surface area contributed by atoms with E-state index in [9.17, 15) is 4.79 Å². The number of hydrogen-bond acceptors (Lipinski definition) is 5. The fraction of sp³-hybridized carbons (Fsp3) is 0.385. The minimum Gasteiger partial charge on any atom is -0.323 e. The van der Waals surface area contributed by atoms with Crippen molar-refractivity contribution in [2.24, 2.45) is 0 Å². The van der Waals surface area contributed by atoms with Gasteiger partial charge in [0.1, 0.15) is 6.33 Å². The molecular weight excluding hydrogens is 256 g/mol. The molecule has 1 aromatic carbocycles. The third-order valence-electron chi connectivity index (χ3n) is 3.38. The Kier molecular flexibility index (Phi) is 3.69. The van der Waals surface area contributed by atoms with Gasteiger partial charge in [-0.3, -0.25) is 4.79 Å². The Morgan fingerprint density at radius 3 is 3.00 bits per heavy atom. The zero-order valence-corrected chi connectivity index (χ0v) is 11.0. The average molecular weight is 272 g/mol. The number of nitrogens with one attached hydrogen (secondary N) is 2. The number of carbonyl (C=O) groups is 1. The van der Waals surface area contributed by atoms with Crippen LogP contribution in [0.1, 0.15) is 19.3 Å². The Balaban J connectivity index is 1.79. The molecule has 2 heterocycles. The van der Waals surface area contributed by atoms with Gasteiger partial charge in [-0.1, -0.05) is 18.6 Å². The number of benzene rings is 1. The minimum atomic E-state index is -0.120. The molecule has 0 aliphatic carbocycles. The van der Waals surface area contributed by atoms with Crippen molar-refractivity contribution < 1.29 is 4.79 Å². The molecule has 1 unspecified atom stereocenters. The summed E-state index contributed by atoms with van der Waals surface area (Å²) in [6.45, 7) is 0.896. The molecule has 1 aliphatic heterocycles. The molecule has 1 saturated heterocycles. The van der Waals surface area contributed by atoms with E-state index >= 15 is 0 Å². The van der Waals surface area contributed by atoms with Gasteiger partial charge in [-0.25, -0.2) is 0 Å². The van der Waals surface area contributed by atoms with Crippen molar-refractivity contribution in [2.45, 2.75) is 25.3 Å². The normalized spacial score (nSPS) is 18.7. The number of carbonyl (C=O) groups excluding carboxylic acids is 1. The molecule has 1 fully saturated rings. The second kappa shape index (κ2) is 5.79. The Labute approximate surface area is 116 Å². The van der Waals surface area contributed by atoms with Crippen LogP contribution in [0.2, 0.25) is 0 Å². The summed E-state index contributed by atoms with van der Waals surface area (Å²) in [5, 5.41) is 17.3. The molecule has 1 aliphatic rings. The number of para-hydroxylation sites is 2. The predicted molar refractivity (Wildman–Crippen MR) is 73.4 cm³/mol. The van der Waals surface area contributed by atoms with Crippen molar-refractivity contribution >= 4 is 11.6 Å². The molecule has 0 saturated carbocycles. The summed E-state index contributed by atoms with van der Waals surface area (Å²) in [5.41, 5.74) is 1.46. The zero-order chi connectivity index (χ0) is 13.8. The van der Waals surface area contributed by atoms with Crippen molar-refractivity contribution in [1.29, 1.82) is 0 Å². The first-order valence-corrected chi connectivity index (χ1v) is 6.71. The van der Waals surface area contributed by atoms with E-state index in [1.54, 1.807) is 0 Å². The van der Waals surface area contributed by atoms with Crippen LogP contribution in [0.4, 0.5) is 5.69 Å². The highest BCUT2D eigenvalue weighted by atomic mass is 16.2. The Morgan fingerprint density at radius 1 is 1.35 bits per heavy atom. The molecule has 1 atom stereocenters. The minimum absolute atomic E-state index is 0.00905. The van der Waals surface area contributed by atoms with E-state index in [1.807, 2.05) is 24.3 Å². The molecule has 3 rings (SSSR count). The van der Waals surface area contributed by atoms with Gasteiger partial charge in [0, 0.05) is 0 Å².